The predicted octanol–water partition coefficient (Wildman–Crippen LogP) is 3.65. The second-order valence-corrected chi connectivity index (χ2v) is 4.28. The van der Waals surface area contributed by atoms with E-state index < -0.39 is 11.8 Å². The number of carbonyl (C=O) groups is 1. The molecule has 0 atom stereocenters. The van der Waals surface area contributed by atoms with E-state index in [9.17, 15) is 9.18 Å². The zero-order valence-electron chi connectivity index (χ0n) is 7.77. The van der Waals surface area contributed by atoms with E-state index in [1.807, 2.05) is 0 Å². The summed E-state index contributed by atoms with van der Waals surface area (Å²) in [6.07, 6.45) is 1.08. The molecular formula is C10H9BrClFO2. The van der Waals surface area contributed by atoms with Crippen LogP contribution in [0.2, 0.25) is 5.02 Å². The van der Waals surface area contributed by atoms with Gasteiger partial charge in [-0.05, 0) is 40.4 Å². The molecule has 0 spiro atoms. The topological polar surface area (TPSA) is 37.3 Å². The molecule has 0 amide bonds. The Balaban J connectivity index is 2.70. The number of halogens is 3. The van der Waals surface area contributed by atoms with Gasteiger partial charge in [-0.1, -0.05) is 17.7 Å². The summed E-state index contributed by atoms with van der Waals surface area (Å²) >= 11 is 8.66. The average molecular weight is 296 g/mol. The molecule has 0 saturated heterocycles. The van der Waals surface area contributed by atoms with Crippen LogP contribution in [0.3, 0.4) is 0 Å². The number of rotatable bonds is 4. The van der Waals surface area contributed by atoms with Crippen LogP contribution in [0.15, 0.2) is 16.6 Å². The normalized spacial score (nSPS) is 10.3. The van der Waals surface area contributed by atoms with Crippen LogP contribution in [-0.2, 0) is 11.2 Å². The largest absolute Gasteiger partial charge is 0.481 e. The summed E-state index contributed by atoms with van der Waals surface area (Å²) in [6, 6.07) is 3.16. The lowest BCUT2D eigenvalue weighted by Crippen LogP contribution is -1.97. The van der Waals surface area contributed by atoms with Crippen molar-refractivity contribution in [2.75, 3.05) is 0 Å². The van der Waals surface area contributed by atoms with Crippen molar-refractivity contribution in [2.24, 2.45) is 0 Å². The third-order valence-corrected chi connectivity index (χ3v) is 3.10. The third kappa shape index (κ3) is 3.47. The van der Waals surface area contributed by atoms with Gasteiger partial charge >= 0.3 is 5.97 Å². The Morgan fingerprint density at radius 2 is 2.20 bits per heavy atom. The highest BCUT2D eigenvalue weighted by atomic mass is 79.9. The zero-order valence-corrected chi connectivity index (χ0v) is 10.1. The van der Waals surface area contributed by atoms with E-state index in [4.69, 9.17) is 16.7 Å². The molecule has 0 aliphatic carbocycles. The molecule has 0 saturated carbocycles. The summed E-state index contributed by atoms with van der Waals surface area (Å²) in [6.45, 7) is 0. The molecule has 0 heterocycles. The maximum atomic E-state index is 13.3. The van der Waals surface area contributed by atoms with Gasteiger partial charge in [0, 0.05) is 6.42 Å². The lowest BCUT2D eigenvalue weighted by molar-refractivity contribution is -0.137. The highest BCUT2D eigenvalue weighted by Crippen LogP contribution is 2.27. The molecule has 0 radical (unpaired) electrons. The molecule has 0 aliphatic rings. The number of hydrogen-bond donors (Lipinski definition) is 1. The first-order valence-corrected chi connectivity index (χ1v) is 5.53. The number of aryl methyl sites for hydroxylation is 1. The summed E-state index contributed by atoms with van der Waals surface area (Å²) in [5, 5.41) is 8.51. The average Bonchev–Trinajstić information content (AvgIpc) is 2.18. The van der Waals surface area contributed by atoms with E-state index >= 15 is 0 Å². The number of hydrogen-bond acceptors (Lipinski definition) is 1. The maximum Gasteiger partial charge on any atom is 0.303 e. The van der Waals surface area contributed by atoms with Gasteiger partial charge in [0.05, 0.1) is 9.50 Å². The first-order valence-electron chi connectivity index (χ1n) is 4.36. The molecule has 15 heavy (non-hydrogen) atoms. The second kappa shape index (κ2) is 5.47. The van der Waals surface area contributed by atoms with Crippen LogP contribution >= 0.6 is 27.5 Å². The number of carboxylic acid groups (broad SMARTS) is 1. The van der Waals surface area contributed by atoms with Crippen molar-refractivity contribution in [1.82, 2.24) is 0 Å². The quantitative estimate of drug-likeness (QED) is 0.861. The van der Waals surface area contributed by atoms with Crippen molar-refractivity contribution in [3.05, 3.63) is 33.0 Å². The summed E-state index contributed by atoms with van der Waals surface area (Å²) in [5.41, 5.74) is 0.734. The molecule has 1 N–H and O–H groups in total. The zero-order chi connectivity index (χ0) is 11.4. The Hall–Kier alpha value is -0.610. The standard InChI is InChI=1S/C10H9BrClFO2/c11-9-6(2-1-3-8(14)15)4-5-7(12)10(9)13/h4-5H,1-3H2,(H,14,15). The van der Waals surface area contributed by atoms with E-state index in [1.165, 1.54) is 6.07 Å². The van der Waals surface area contributed by atoms with Crippen LogP contribution in [0.4, 0.5) is 4.39 Å². The van der Waals surface area contributed by atoms with E-state index in [1.54, 1.807) is 6.07 Å². The smallest absolute Gasteiger partial charge is 0.303 e. The Morgan fingerprint density at radius 1 is 1.53 bits per heavy atom. The van der Waals surface area contributed by atoms with Crippen LogP contribution in [0.1, 0.15) is 18.4 Å². The monoisotopic (exact) mass is 294 g/mol. The fraction of sp³-hybridized carbons (Fsp3) is 0.300. The molecule has 0 aliphatic heterocycles. The van der Waals surface area contributed by atoms with E-state index in [-0.39, 0.29) is 11.4 Å². The van der Waals surface area contributed by atoms with Crippen molar-refractivity contribution in [3.8, 4) is 0 Å². The van der Waals surface area contributed by atoms with Crippen molar-refractivity contribution in [1.29, 1.82) is 0 Å². The fourth-order valence-corrected chi connectivity index (χ4v) is 2.00. The Bertz CT molecular complexity index is 382. The molecule has 1 aromatic rings. The van der Waals surface area contributed by atoms with E-state index in [0.29, 0.717) is 17.3 Å². The molecule has 0 aromatic heterocycles. The van der Waals surface area contributed by atoms with Crippen molar-refractivity contribution < 1.29 is 14.3 Å². The summed E-state index contributed by atoms with van der Waals surface area (Å²) in [4.78, 5) is 10.3. The first kappa shape index (κ1) is 12.5. The van der Waals surface area contributed by atoms with E-state index in [0.717, 1.165) is 5.56 Å². The first-order chi connectivity index (χ1) is 7.02. The van der Waals surface area contributed by atoms with Gasteiger partial charge in [0.1, 0.15) is 0 Å². The SMILES string of the molecule is O=C(O)CCCc1ccc(Cl)c(F)c1Br. The summed E-state index contributed by atoms with van der Waals surface area (Å²) in [7, 11) is 0. The molecule has 1 aromatic carbocycles. The molecule has 82 valence electrons. The van der Waals surface area contributed by atoms with Gasteiger partial charge in [0.15, 0.2) is 5.82 Å². The molecule has 0 bridgehead atoms. The minimum atomic E-state index is -0.847. The predicted molar refractivity (Wildman–Crippen MR) is 59.7 cm³/mol. The second-order valence-electron chi connectivity index (χ2n) is 3.08. The lowest BCUT2D eigenvalue weighted by Gasteiger charge is -2.05. The molecule has 0 fully saturated rings. The number of carboxylic acids is 1. The number of benzene rings is 1. The van der Waals surface area contributed by atoms with Gasteiger partial charge in [-0.25, -0.2) is 4.39 Å². The lowest BCUT2D eigenvalue weighted by atomic mass is 10.1. The van der Waals surface area contributed by atoms with Crippen LogP contribution in [0.25, 0.3) is 0 Å². The molecule has 5 heteroatoms. The van der Waals surface area contributed by atoms with Gasteiger partial charge in [-0.2, -0.15) is 0 Å². The van der Waals surface area contributed by atoms with E-state index in [2.05, 4.69) is 15.9 Å². The summed E-state index contributed by atoms with van der Waals surface area (Å²) in [5.74, 6) is -1.34. The maximum absolute atomic E-state index is 13.3. The minimum absolute atomic E-state index is 0.0591. The highest BCUT2D eigenvalue weighted by molar-refractivity contribution is 9.10. The van der Waals surface area contributed by atoms with Gasteiger partial charge in [0.25, 0.3) is 0 Å². The Morgan fingerprint density at radius 3 is 2.80 bits per heavy atom. The van der Waals surface area contributed by atoms with Gasteiger partial charge < -0.3 is 5.11 Å². The van der Waals surface area contributed by atoms with Crippen molar-refractivity contribution >= 4 is 33.5 Å². The van der Waals surface area contributed by atoms with Crippen LogP contribution in [0, 0.1) is 5.82 Å². The van der Waals surface area contributed by atoms with Crippen LogP contribution < -0.4 is 0 Å². The molecule has 2 nitrogen and oxygen atoms in total. The molecular weight excluding hydrogens is 286 g/mol. The van der Waals surface area contributed by atoms with Gasteiger partial charge in [0.2, 0.25) is 0 Å². The Labute approximate surface area is 100 Å². The van der Waals surface area contributed by atoms with Gasteiger partial charge in [-0.3, -0.25) is 4.79 Å². The van der Waals surface area contributed by atoms with Crippen LogP contribution in [-0.4, -0.2) is 11.1 Å². The minimum Gasteiger partial charge on any atom is -0.481 e. The van der Waals surface area contributed by atoms with Gasteiger partial charge in [-0.15, -0.1) is 0 Å². The fourth-order valence-electron chi connectivity index (χ4n) is 1.19. The van der Waals surface area contributed by atoms with Crippen molar-refractivity contribution in [3.63, 3.8) is 0 Å². The highest BCUT2D eigenvalue weighted by Gasteiger charge is 2.09. The summed E-state index contributed by atoms with van der Waals surface area (Å²) < 4.78 is 13.6. The number of aliphatic carboxylic acids is 1. The third-order valence-electron chi connectivity index (χ3n) is 1.95. The Kier molecular flexibility index (Phi) is 4.54. The molecule has 0 unspecified atom stereocenters. The molecule has 1 rings (SSSR count). The van der Waals surface area contributed by atoms with Crippen molar-refractivity contribution in [2.45, 2.75) is 19.3 Å². The van der Waals surface area contributed by atoms with Crippen LogP contribution in [0.5, 0.6) is 0 Å².